The highest BCUT2D eigenvalue weighted by atomic mass is 35.5. The zero-order chi connectivity index (χ0) is 13.8. The molecule has 0 unspecified atom stereocenters. The van der Waals surface area contributed by atoms with E-state index in [4.69, 9.17) is 17.4 Å². The predicted octanol–water partition coefficient (Wildman–Crippen LogP) is 1.98. The molecule has 0 atom stereocenters. The van der Waals surface area contributed by atoms with Crippen molar-refractivity contribution < 1.29 is 4.79 Å². The van der Waals surface area contributed by atoms with E-state index >= 15 is 0 Å². The first kappa shape index (κ1) is 13.3. The summed E-state index contributed by atoms with van der Waals surface area (Å²) in [7, 11) is 0. The normalized spacial score (nSPS) is 10.1. The highest BCUT2D eigenvalue weighted by Gasteiger charge is 2.10. The number of hydrogen-bond acceptors (Lipinski definition) is 5. The van der Waals surface area contributed by atoms with Crippen LogP contribution in [0.1, 0.15) is 16.2 Å². The fourth-order valence-electron chi connectivity index (χ4n) is 1.51. The summed E-state index contributed by atoms with van der Waals surface area (Å²) < 4.78 is 0. The molecule has 98 valence electrons. The minimum Gasteiger partial charge on any atom is -0.321 e. The largest absolute Gasteiger partial charge is 0.321 e. The van der Waals surface area contributed by atoms with E-state index in [1.54, 1.807) is 37.3 Å². The first-order valence-electron chi connectivity index (χ1n) is 5.47. The maximum absolute atomic E-state index is 12.0. The summed E-state index contributed by atoms with van der Waals surface area (Å²) in [6.07, 6.45) is 0. The highest BCUT2D eigenvalue weighted by molar-refractivity contribution is 6.30. The third kappa shape index (κ3) is 3.40. The molecular formula is C12H12ClN5O. The summed E-state index contributed by atoms with van der Waals surface area (Å²) in [6, 6.07) is 8.43. The molecule has 4 N–H and O–H groups in total. The summed E-state index contributed by atoms with van der Waals surface area (Å²) in [4.78, 5) is 20.0. The van der Waals surface area contributed by atoms with Gasteiger partial charge in [0.2, 0.25) is 5.95 Å². The third-order valence-corrected chi connectivity index (χ3v) is 2.53. The molecule has 0 aliphatic carbocycles. The van der Waals surface area contributed by atoms with Crippen molar-refractivity contribution in [1.82, 2.24) is 9.97 Å². The van der Waals surface area contributed by atoms with E-state index in [0.29, 0.717) is 16.4 Å². The Balaban J connectivity index is 2.22. The Morgan fingerprint density at radius 1 is 1.32 bits per heavy atom. The Morgan fingerprint density at radius 2 is 2.11 bits per heavy atom. The molecule has 6 nitrogen and oxygen atoms in total. The van der Waals surface area contributed by atoms with Crippen LogP contribution in [-0.4, -0.2) is 15.9 Å². The van der Waals surface area contributed by atoms with Crippen LogP contribution in [0.2, 0.25) is 5.02 Å². The lowest BCUT2D eigenvalue weighted by Gasteiger charge is -2.07. The number of nitrogens with one attached hydrogen (secondary N) is 2. The monoisotopic (exact) mass is 277 g/mol. The number of nitrogen functional groups attached to an aromatic ring is 1. The number of aromatic nitrogens is 2. The van der Waals surface area contributed by atoms with Gasteiger partial charge in [0.1, 0.15) is 5.69 Å². The summed E-state index contributed by atoms with van der Waals surface area (Å²) in [5.41, 5.74) is 3.77. The SMILES string of the molecule is Cc1cc(C(=O)Nc2cccc(Cl)c2)nc(NN)n1. The van der Waals surface area contributed by atoms with Crippen molar-refractivity contribution in [3.8, 4) is 0 Å². The molecule has 0 radical (unpaired) electrons. The summed E-state index contributed by atoms with van der Waals surface area (Å²) in [5.74, 6) is 5.07. The van der Waals surface area contributed by atoms with Gasteiger partial charge in [0.05, 0.1) is 0 Å². The van der Waals surface area contributed by atoms with Gasteiger partial charge in [0.15, 0.2) is 0 Å². The summed E-state index contributed by atoms with van der Waals surface area (Å²) in [5, 5.41) is 3.24. The summed E-state index contributed by atoms with van der Waals surface area (Å²) >= 11 is 5.84. The second kappa shape index (κ2) is 5.64. The van der Waals surface area contributed by atoms with Gasteiger partial charge in [-0.2, -0.15) is 0 Å². The second-order valence-corrected chi connectivity index (χ2v) is 4.26. The molecule has 1 heterocycles. The van der Waals surface area contributed by atoms with E-state index in [-0.39, 0.29) is 17.5 Å². The highest BCUT2D eigenvalue weighted by Crippen LogP contribution is 2.16. The van der Waals surface area contributed by atoms with Gasteiger partial charge in [-0.15, -0.1) is 0 Å². The molecule has 0 aliphatic rings. The quantitative estimate of drug-likeness (QED) is 0.589. The van der Waals surface area contributed by atoms with Crippen LogP contribution in [0, 0.1) is 6.92 Å². The first-order valence-corrected chi connectivity index (χ1v) is 5.85. The van der Waals surface area contributed by atoms with Crippen molar-refractivity contribution in [2.75, 3.05) is 10.7 Å². The number of amides is 1. The standard InChI is InChI=1S/C12H12ClN5O/c1-7-5-10(17-12(15-7)18-14)11(19)16-9-4-2-3-8(13)6-9/h2-6H,14H2,1H3,(H,16,19)(H,15,17,18). The molecule has 2 aromatic rings. The van der Waals surface area contributed by atoms with Crippen LogP contribution < -0.4 is 16.6 Å². The average Bonchev–Trinajstić information content (AvgIpc) is 2.38. The lowest BCUT2D eigenvalue weighted by molar-refractivity contribution is 0.102. The minimum atomic E-state index is -0.357. The fraction of sp³-hybridized carbons (Fsp3) is 0.0833. The van der Waals surface area contributed by atoms with E-state index in [1.807, 2.05) is 0 Å². The van der Waals surface area contributed by atoms with Crippen molar-refractivity contribution in [2.24, 2.45) is 5.84 Å². The van der Waals surface area contributed by atoms with Crippen LogP contribution in [-0.2, 0) is 0 Å². The van der Waals surface area contributed by atoms with E-state index in [1.165, 1.54) is 0 Å². The van der Waals surface area contributed by atoms with Crippen LogP contribution in [0.5, 0.6) is 0 Å². The molecule has 0 aliphatic heterocycles. The number of nitrogens with zero attached hydrogens (tertiary/aromatic N) is 2. The van der Waals surface area contributed by atoms with Crippen LogP contribution >= 0.6 is 11.6 Å². The number of carbonyl (C=O) groups is 1. The lowest BCUT2D eigenvalue weighted by Crippen LogP contribution is -2.18. The molecule has 0 saturated carbocycles. The molecule has 1 amide bonds. The van der Waals surface area contributed by atoms with Gasteiger partial charge in [-0.25, -0.2) is 15.8 Å². The summed E-state index contributed by atoms with van der Waals surface area (Å²) in [6.45, 7) is 1.75. The lowest BCUT2D eigenvalue weighted by atomic mass is 10.3. The van der Waals surface area contributed by atoms with E-state index < -0.39 is 0 Å². The number of halogens is 1. The number of carbonyl (C=O) groups excluding carboxylic acids is 1. The molecule has 0 spiro atoms. The molecule has 0 fully saturated rings. The first-order chi connectivity index (χ1) is 9.08. The second-order valence-electron chi connectivity index (χ2n) is 3.83. The predicted molar refractivity (Wildman–Crippen MR) is 74.0 cm³/mol. The van der Waals surface area contributed by atoms with Gasteiger partial charge in [0.25, 0.3) is 5.91 Å². The van der Waals surface area contributed by atoms with E-state index in [9.17, 15) is 4.79 Å². The Bertz CT molecular complexity index is 617. The van der Waals surface area contributed by atoms with Gasteiger partial charge in [0, 0.05) is 16.4 Å². The molecule has 1 aromatic heterocycles. The van der Waals surface area contributed by atoms with Gasteiger partial charge in [-0.1, -0.05) is 17.7 Å². The average molecular weight is 278 g/mol. The maximum atomic E-state index is 12.0. The zero-order valence-electron chi connectivity index (χ0n) is 10.1. The number of aryl methyl sites for hydroxylation is 1. The third-order valence-electron chi connectivity index (χ3n) is 2.30. The number of rotatable bonds is 3. The molecule has 2 rings (SSSR count). The number of hydrogen-bond donors (Lipinski definition) is 3. The van der Waals surface area contributed by atoms with Crippen LogP contribution in [0.15, 0.2) is 30.3 Å². The van der Waals surface area contributed by atoms with Crippen LogP contribution in [0.3, 0.4) is 0 Å². The molecular weight excluding hydrogens is 266 g/mol. The van der Waals surface area contributed by atoms with Gasteiger partial charge in [-0.05, 0) is 31.2 Å². The van der Waals surface area contributed by atoms with Crippen LogP contribution in [0.25, 0.3) is 0 Å². The Labute approximate surface area is 115 Å². The van der Waals surface area contributed by atoms with Crippen molar-refractivity contribution >= 4 is 29.1 Å². The maximum Gasteiger partial charge on any atom is 0.274 e. The smallest absolute Gasteiger partial charge is 0.274 e. The van der Waals surface area contributed by atoms with Crippen molar-refractivity contribution in [1.29, 1.82) is 0 Å². The number of anilines is 2. The Morgan fingerprint density at radius 3 is 2.79 bits per heavy atom. The molecule has 7 heteroatoms. The molecule has 0 bridgehead atoms. The Hall–Kier alpha value is -2.18. The van der Waals surface area contributed by atoms with Crippen molar-refractivity contribution in [3.63, 3.8) is 0 Å². The van der Waals surface area contributed by atoms with Gasteiger partial charge in [-0.3, -0.25) is 10.2 Å². The topological polar surface area (TPSA) is 92.9 Å². The number of hydrazine groups is 1. The van der Waals surface area contributed by atoms with Gasteiger partial charge >= 0.3 is 0 Å². The van der Waals surface area contributed by atoms with Gasteiger partial charge < -0.3 is 5.32 Å². The van der Waals surface area contributed by atoms with Crippen molar-refractivity contribution in [2.45, 2.75) is 6.92 Å². The Kier molecular flexibility index (Phi) is 3.94. The van der Waals surface area contributed by atoms with Crippen molar-refractivity contribution in [3.05, 3.63) is 46.7 Å². The molecule has 1 aromatic carbocycles. The molecule has 0 saturated heterocycles. The van der Waals surface area contributed by atoms with Crippen LogP contribution in [0.4, 0.5) is 11.6 Å². The zero-order valence-corrected chi connectivity index (χ0v) is 10.9. The number of nitrogens with two attached hydrogens (primary N) is 1. The minimum absolute atomic E-state index is 0.191. The van der Waals surface area contributed by atoms with E-state index in [0.717, 1.165) is 0 Å². The molecule has 19 heavy (non-hydrogen) atoms. The number of benzene rings is 1. The van der Waals surface area contributed by atoms with E-state index in [2.05, 4.69) is 20.7 Å². The fourth-order valence-corrected chi connectivity index (χ4v) is 1.70.